The Kier molecular flexibility index (Phi) is 42.0. The second-order valence-corrected chi connectivity index (χ2v) is 49.7. The minimum absolute atomic E-state index is 0.230. The second kappa shape index (κ2) is 52.3. The Hall–Kier alpha value is -5.59. The van der Waals surface area contributed by atoms with Crippen molar-refractivity contribution in [2.75, 3.05) is 98.7 Å². The number of benzene rings is 7. The topological polar surface area (TPSA) is 130 Å². The number of hydrogen-bond donors (Lipinski definition) is 0. The highest BCUT2D eigenvalue weighted by Gasteiger charge is 2.50. The van der Waals surface area contributed by atoms with Gasteiger partial charge < -0.3 is 14.2 Å². The molecule has 5 saturated heterocycles. The van der Waals surface area contributed by atoms with Crippen molar-refractivity contribution in [1.29, 1.82) is 0 Å². The lowest BCUT2D eigenvalue weighted by Crippen LogP contribution is -2.47. The molecule has 7 aromatic rings. The molecule has 0 bridgehead atoms. The summed E-state index contributed by atoms with van der Waals surface area (Å²) in [5.74, 6) is 23.5. The van der Waals surface area contributed by atoms with E-state index in [0.29, 0.717) is 107 Å². The summed E-state index contributed by atoms with van der Waals surface area (Å²) in [4.78, 5) is 76.1. The first-order valence-electron chi connectivity index (χ1n) is 45.2. The fourth-order valence-corrected chi connectivity index (χ4v) is 33.4. The molecule has 0 spiro atoms. The fourth-order valence-electron chi connectivity index (χ4n) is 17.7. The van der Waals surface area contributed by atoms with Gasteiger partial charge in [0.25, 0.3) is 0 Å². The zero-order chi connectivity index (χ0) is 84.1. The van der Waals surface area contributed by atoms with E-state index < -0.39 is 0 Å². The number of Topliss-reactive ketones (excluding diaryl/α,β-unsaturated/α-hetero) is 6. The largest absolute Gasteiger partial charge is 0.494 e. The highest BCUT2D eigenvalue weighted by Crippen LogP contribution is 2.41. The van der Waals surface area contributed by atoms with E-state index in [9.17, 15) is 28.8 Å². The van der Waals surface area contributed by atoms with Gasteiger partial charge in [-0.25, -0.2) is 0 Å². The number of aryl methyl sites for hydroxylation is 4. The monoisotopic (exact) mass is 1740 g/mol. The van der Waals surface area contributed by atoms with Gasteiger partial charge in [0.1, 0.15) is 91.0 Å². The van der Waals surface area contributed by atoms with Gasteiger partial charge in [-0.05, 0) is 352 Å². The summed E-state index contributed by atoms with van der Waals surface area (Å²) in [6.07, 6.45) is 33.1. The Labute approximate surface area is 738 Å². The standard InChI is InChI=1S/C22H33OS.C18H25O2S.C18H19O2S.C16H23O2S.C15H21OS.C14H19OS2/c1-17(2)24(20-15-7-4-8-16-20)22(19-13-9-10-14-19)21(23)18-11-5-3-6-12-18;2*19-18(14-21-12-4-5-13-21)15-8-10-17(11-9-15)20-16-6-2-1-3-7-16;1-4-18-14-9-12(2)16(13(3)10-14)15(17)11-19-7-5-6-8-19;1-12-8-13(2)10-14(9-12)15(16)11-17-6-4-3-5-7-17;1-2-16-13-7-5-12(6-8-13)14(15)11-17-9-3-4-10-17/h3,5-6,11-12,17,19-20,22H,4,7-10,13-16H2,1-2H3;8-11,16H,1-7,12-14H2;1-3,6-11H,4-5,12-14H2;9-10H,4-8,11H2,1-3H3;8-10H,3-7,11H2,1-2H3;5-8H,2-4,9-11H2,1H3/q6*+1. The molecule has 0 N–H and O–H groups in total. The van der Waals surface area contributed by atoms with Gasteiger partial charge >= 0.3 is 0 Å². The summed E-state index contributed by atoms with van der Waals surface area (Å²) in [7, 11) is 1.98. The van der Waals surface area contributed by atoms with Crippen LogP contribution in [-0.2, 0) is 65.4 Å². The van der Waals surface area contributed by atoms with Crippen molar-refractivity contribution in [2.24, 2.45) is 5.92 Å². The van der Waals surface area contributed by atoms with E-state index >= 15 is 0 Å². The molecule has 8 fully saturated rings. The van der Waals surface area contributed by atoms with E-state index in [0.717, 1.165) is 107 Å². The number of carbonyl (C=O) groups is 6. The third-order valence-corrected chi connectivity index (χ3v) is 40.2. The van der Waals surface area contributed by atoms with Gasteiger partial charge in [0, 0.05) is 55.1 Å². The Morgan fingerprint density at radius 1 is 0.378 bits per heavy atom. The predicted octanol–water partition coefficient (Wildman–Crippen LogP) is 23.8. The molecule has 9 nitrogen and oxygen atoms in total. The van der Waals surface area contributed by atoms with E-state index in [1.165, 1.54) is 234 Å². The molecular weight excluding hydrogens is 1610 g/mol. The molecule has 0 aromatic heterocycles. The summed E-state index contributed by atoms with van der Waals surface area (Å²) in [5.41, 5.74) is 9.82. The molecule has 2 atom stereocenters. The predicted molar refractivity (Wildman–Crippen MR) is 521 cm³/mol. The smallest absolute Gasteiger partial charge is 0.215 e. The number of ether oxygens (including phenoxy) is 3. The number of carbonyl (C=O) groups excluding carboxylic acids is 6. The maximum absolute atomic E-state index is 13.5. The normalized spacial score (nSPS) is 18.1. The third-order valence-electron chi connectivity index (χ3n) is 23.7. The van der Waals surface area contributed by atoms with Crippen molar-refractivity contribution in [1.82, 2.24) is 0 Å². The van der Waals surface area contributed by atoms with Gasteiger partial charge in [0.05, 0.1) is 12.7 Å². The van der Waals surface area contributed by atoms with Crippen LogP contribution >= 0.6 is 11.8 Å². The van der Waals surface area contributed by atoms with Gasteiger partial charge in [-0.1, -0.05) is 110 Å². The molecule has 119 heavy (non-hydrogen) atoms. The van der Waals surface area contributed by atoms with Crippen LogP contribution in [0.4, 0.5) is 0 Å². The van der Waals surface area contributed by atoms with Crippen molar-refractivity contribution < 1.29 is 43.0 Å². The maximum Gasteiger partial charge on any atom is 0.215 e. The lowest BCUT2D eigenvalue weighted by atomic mass is 9.96. The maximum atomic E-state index is 13.5. The Morgan fingerprint density at radius 3 is 1.18 bits per heavy atom. The molecule has 5 heterocycles. The summed E-state index contributed by atoms with van der Waals surface area (Å²) in [5, 5.41) is 1.70. The van der Waals surface area contributed by atoms with E-state index in [4.69, 9.17) is 14.2 Å². The molecule has 15 rings (SSSR count). The third kappa shape index (κ3) is 32.5. The SMILES string of the molecule is CC(C)[S+](C1CCCCC1)C(C(=O)c1ccccc1)C1CCCC1.CCOc1cc(C)c(C(=O)C[S+]2CCCC2)c(C)c1.CCSc1ccc(C(=O)C[S+]2CCCC2)cc1.Cc1cc(C)cc(C(=O)C[S+]2CCCCC2)c1.O=C(C[S+]1CCCC1)c1ccc(OC2CCCCC2)cc1.O=C(C[S+]1CCCC1)c1ccc(Oc2ccccc2)cc1. The molecule has 2 unspecified atom stereocenters. The molecule has 16 heteroatoms. The summed E-state index contributed by atoms with van der Waals surface area (Å²) in [6.45, 7) is 17.7. The van der Waals surface area contributed by atoms with Gasteiger partial charge in [-0.2, -0.15) is 0 Å². The minimum Gasteiger partial charge on any atom is -0.494 e. The van der Waals surface area contributed by atoms with Gasteiger partial charge in [-0.15, -0.1) is 11.8 Å². The molecule has 0 radical (unpaired) electrons. The number of para-hydroxylation sites is 1. The first-order valence-corrected chi connectivity index (χ1v) is 56.2. The van der Waals surface area contributed by atoms with Crippen LogP contribution in [-0.4, -0.2) is 155 Å². The van der Waals surface area contributed by atoms with E-state index in [2.05, 4.69) is 52.8 Å². The number of thioether (sulfide) groups is 1. The zero-order valence-electron chi connectivity index (χ0n) is 73.2. The highest BCUT2D eigenvalue weighted by molar-refractivity contribution is 8.00. The van der Waals surface area contributed by atoms with Crippen LogP contribution < -0.4 is 14.2 Å². The van der Waals surface area contributed by atoms with Crippen molar-refractivity contribution in [3.05, 3.63) is 219 Å². The summed E-state index contributed by atoms with van der Waals surface area (Å²) < 4.78 is 17.3. The molecule has 5 aliphatic heterocycles. The number of ketones is 6. The van der Waals surface area contributed by atoms with E-state index in [1.807, 2.05) is 178 Å². The first kappa shape index (κ1) is 95.6. The van der Waals surface area contributed by atoms with Gasteiger partial charge in [0.15, 0.2) is 34.0 Å². The van der Waals surface area contributed by atoms with Crippen LogP contribution in [0.1, 0.15) is 273 Å². The fraction of sp³-hybridized carbons (Fsp3) is 0.534. The van der Waals surface area contributed by atoms with Crippen molar-refractivity contribution in [2.45, 2.75) is 243 Å². The molecule has 3 aliphatic carbocycles. The van der Waals surface area contributed by atoms with E-state index in [1.54, 1.807) is 0 Å². The van der Waals surface area contributed by atoms with Crippen molar-refractivity contribution in [3.63, 3.8) is 0 Å². The average Bonchev–Trinajstić information content (AvgIpc) is 1.67. The second-order valence-electron chi connectivity index (χ2n) is 33.8. The molecule has 0 amide bonds. The zero-order valence-corrected chi connectivity index (χ0v) is 78.9. The van der Waals surface area contributed by atoms with Crippen LogP contribution in [0.2, 0.25) is 0 Å². The minimum atomic E-state index is 0.230. The summed E-state index contributed by atoms with van der Waals surface area (Å²) >= 11 is 1.82. The number of hydrogen-bond acceptors (Lipinski definition) is 10. The van der Waals surface area contributed by atoms with Crippen LogP contribution in [0.25, 0.3) is 0 Å². The lowest BCUT2D eigenvalue weighted by molar-refractivity contribution is 0.0964. The van der Waals surface area contributed by atoms with Crippen LogP contribution in [0, 0.1) is 33.6 Å². The lowest BCUT2D eigenvalue weighted by Gasteiger charge is -2.32. The Morgan fingerprint density at radius 2 is 0.748 bits per heavy atom. The molecule has 7 aromatic carbocycles. The quantitative estimate of drug-likeness (QED) is 0.0254. The molecule has 3 saturated carbocycles. The van der Waals surface area contributed by atoms with Crippen LogP contribution in [0.15, 0.2) is 169 Å². The molecular formula is C103H140O9S7+6. The number of rotatable bonds is 29. The molecule has 642 valence electrons. The summed E-state index contributed by atoms with van der Waals surface area (Å²) in [6, 6.07) is 53.4. The average molecular weight is 1750 g/mol. The van der Waals surface area contributed by atoms with Gasteiger partial charge in [-0.3, -0.25) is 28.8 Å². The van der Waals surface area contributed by atoms with E-state index in [-0.39, 0.29) is 21.9 Å². The van der Waals surface area contributed by atoms with Crippen molar-refractivity contribution >= 4 is 112 Å². The highest BCUT2D eigenvalue weighted by atomic mass is 32.2. The Bertz CT molecular complexity index is 4140. The van der Waals surface area contributed by atoms with Gasteiger partial charge in [0.2, 0.25) is 34.7 Å². The Balaban J connectivity index is 0.000000151. The van der Waals surface area contributed by atoms with Crippen LogP contribution in [0.3, 0.4) is 0 Å². The van der Waals surface area contributed by atoms with Crippen LogP contribution in [0.5, 0.6) is 23.0 Å². The molecule has 8 aliphatic rings. The van der Waals surface area contributed by atoms with Crippen molar-refractivity contribution in [3.8, 4) is 23.0 Å². The first-order chi connectivity index (χ1) is 57.9.